The van der Waals surface area contributed by atoms with Crippen molar-refractivity contribution < 1.29 is 14.3 Å². The molecule has 0 amide bonds. The molecule has 108 valence electrons. The molecule has 0 aliphatic carbocycles. The van der Waals surface area contributed by atoms with Gasteiger partial charge in [-0.25, -0.2) is 4.79 Å². The first-order chi connectivity index (χ1) is 9.26. The number of hydrogen-bond acceptors (Lipinski definition) is 4. The minimum Gasteiger partial charge on any atom is -0.455 e. The van der Waals surface area contributed by atoms with E-state index in [0.717, 1.165) is 0 Å². The highest BCUT2D eigenvalue weighted by atomic mass is 16.6. The summed E-state index contributed by atoms with van der Waals surface area (Å²) in [5.41, 5.74) is -0.443. The Balaban J connectivity index is 2.88. The Morgan fingerprint density at radius 3 is 2.20 bits per heavy atom. The molecular formula is C16H21NO3. The van der Waals surface area contributed by atoms with Crippen LogP contribution in [-0.2, 0) is 9.53 Å². The molecule has 0 saturated heterocycles. The zero-order chi connectivity index (χ0) is 15.3. The van der Waals surface area contributed by atoms with Gasteiger partial charge in [0.15, 0.2) is 5.78 Å². The van der Waals surface area contributed by atoms with Gasteiger partial charge in [0.1, 0.15) is 11.3 Å². The Hall–Kier alpha value is -1.97. The van der Waals surface area contributed by atoms with Gasteiger partial charge in [0, 0.05) is 5.56 Å². The van der Waals surface area contributed by atoms with Crippen LogP contribution < -0.4 is 0 Å². The smallest absolute Gasteiger partial charge is 0.353 e. The summed E-state index contributed by atoms with van der Waals surface area (Å²) in [5.74, 6) is -1.70. The Morgan fingerprint density at radius 1 is 1.20 bits per heavy atom. The predicted octanol–water partition coefficient (Wildman–Crippen LogP) is 3.26. The van der Waals surface area contributed by atoms with E-state index in [2.05, 4.69) is 0 Å². The fourth-order valence-electron chi connectivity index (χ4n) is 1.80. The lowest BCUT2D eigenvalue weighted by molar-refractivity contribution is -0.146. The monoisotopic (exact) mass is 275 g/mol. The number of ketones is 1. The van der Waals surface area contributed by atoms with E-state index in [1.807, 2.05) is 6.07 Å². The highest BCUT2D eigenvalue weighted by Crippen LogP contribution is 2.16. The molecule has 4 nitrogen and oxygen atoms in total. The van der Waals surface area contributed by atoms with Crippen LogP contribution in [0.4, 0.5) is 0 Å². The van der Waals surface area contributed by atoms with Gasteiger partial charge in [-0.15, -0.1) is 0 Å². The second-order valence-electron chi connectivity index (χ2n) is 5.61. The van der Waals surface area contributed by atoms with E-state index in [9.17, 15) is 9.59 Å². The van der Waals surface area contributed by atoms with Crippen molar-refractivity contribution in [1.82, 2.24) is 0 Å². The first-order valence-corrected chi connectivity index (χ1v) is 6.67. The molecule has 1 N–H and O–H groups in total. The summed E-state index contributed by atoms with van der Waals surface area (Å²) in [5, 5.41) is 7.92. The minimum absolute atomic E-state index is 0.219. The topological polar surface area (TPSA) is 67.2 Å². The lowest BCUT2D eigenvalue weighted by atomic mass is 9.91. The molecule has 0 aliphatic heterocycles. The molecule has 0 bridgehead atoms. The van der Waals surface area contributed by atoms with Crippen LogP contribution in [0.25, 0.3) is 0 Å². The van der Waals surface area contributed by atoms with Gasteiger partial charge in [0.25, 0.3) is 0 Å². The van der Waals surface area contributed by atoms with E-state index in [-0.39, 0.29) is 11.5 Å². The second-order valence-corrected chi connectivity index (χ2v) is 5.61. The highest BCUT2D eigenvalue weighted by molar-refractivity contribution is 6.40. The Kier molecular flexibility index (Phi) is 5.19. The molecule has 1 aromatic carbocycles. The van der Waals surface area contributed by atoms with Crippen LogP contribution >= 0.6 is 0 Å². The maximum absolute atomic E-state index is 12.3. The van der Waals surface area contributed by atoms with Crippen LogP contribution in [0.5, 0.6) is 0 Å². The third kappa shape index (κ3) is 4.30. The second kappa shape index (κ2) is 6.46. The van der Waals surface area contributed by atoms with E-state index in [4.69, 9.17) is 10.1 Å². The van der Waals surface area contributed by atoms with Crippen molar-refractivity contribution in [2.24, 2.45) is 5.92 Å². The van der Waals surface area contributed by atoms with Gasteiger partial charge in [0.05, 0.1) is 5.92 Å². The molecule has 1 rings (SSSR count). The first kappa shape index (κ1) is 16.1. The van der Waals surface area contributed by atoms with Crippen molar-refractivity contribution in [2.75, 3.05) is 0 Å². The highest BCUT2D eigenvalue weighted by Gasteiger charge is 2.30. The molecule has 1 aromatic rings. The number of rotatable bonds is 5. The quantitative estimate of drug-likeness (QED) is 0.509. The number of hydrogen-bond donors (Lipinski definition) is 1. The van der Waals surface area contributed by atoms with Crippen LogP contribution in [0.2, 0.25) is 0 Å². The average molecular weight is 275 g/mol. The third-order valence-corrected chi connectivity index (χ3v) is 2.75. The largest absolute Gasteiger partial charge is 0.455 e. The summed E-state index contributed by atoms with van der Waals surface area (Å²) in [6.45, 7) is 6.98. The lowest BCUT2D eigenvalue weighted by Crippen LogP contribution is -2.35. The van der Waals surface area contributed by atoms with Crippen LogP contribution in [0, 0.1) is 11.3 Å². The first-order valence-electron chi connectivity index (χ1n) is 6.67. The fourth-order valence-corrected chi connectivity index (χ4v) is 1.80. The summed E-state index contributed by atoms with van der Waals surface area (Å²) >= 11 is 0. The standard InChI is InChI=1S/C16H21NO3/c1-5-12(13(17)15(19)20-16(2,3)4)14(18)11-9-7-6-8-10-11/h6-10,12,17H,5H2,1-4H3. The molecule has 1 atom stereocenters. The number of carbonyl (C=O) groups excluding carboxylic acids is 2. The molecular weight excluding hydrogens is 254 g/mol. The molecule has 0 aliphatic rings. The molecule has 0 spiro atoms. The van der Waals surface area contributed by atoms with E-state index in [1.54, 1.807) is 52.0 Å². The zero-order valence-electron chi connectivity index (χ0n) is 12.4. The maximum Gasteiger partial charge on any atom is 0.353 e. The fraction of sp³-hybridized carbons (Fsp3) is 0.438. The van der Waals surface area contributed by atoms with Crippen molar-refractivity contribution in [2.45, 2.75) is 39.7 Å². The Labute approximate surface area is 119 Å². The van der Waals surface area contributed by atoms with E-state index in [1.165, 1.54) is 0 Å². The van der Waals surface area contributed by atoms with Gasteiger partial charge in [0.2, 0.25) is 0 Å². The van der Waals surface area contributed by atoms with Crippen LogP contribution in [0.15, 0.2) is 30.3 Å². The van der Waals surface area contributed by atoms with Crippen molar-refractivity contribution in [3.05, 3.63) is 35.9 Å². The normalized spacial score (nSPS) is 12.6. The number of Topliss-reactive ketones (excluding diaryl/α,β-unsaturated/α-hetero) is 1. The van der Waals surface area contributed by atoms with E-state index in [0.29, 0.717) is 12.0 Å². The van der Waals surface area contributed by atoms with Crippen LogP contribution in [0.3, 0.4) is 0 Å². The molecule has 20 heavy (non-hydrogen) atoms. The maximum atomic E-state index is 12.3. The van der Waals surface area contributed by atoms with Gasteiger partial charge in [-0.1, -0.05) is 37.3 Å². The van der Waals surface area contributed by atoms with Crippen molar-refractivity contribution in [3.63, 3.8) is 0 Å². The number of ether oxygens (including phenoxy) is 1. The molecule has 0 radical (unpaired) electrons. The molecule has 0 aromatic heterocycles. The number of nitrogens with one attached hydrogen (secondary N) is 1. The summed E-state index contributed by atoms with van der Waals surface area (Å²) in [6.07, 6.45) is 0.395. The average Bonchev–Trinajstić information content (AvgIpc) is 2.38. The van der Waals surface area contributed by atoms with Gasteiger partial charge >= 0.3 is 5.97 Å². The summed E-state index contributed by atoms with van der Waals surface area (Å²) < 4.78 is 5.15. The number of esters is 1. The summed E-state index contributed by atoms with van der Waals surface area (Å²) in [4.78, 5) is 24.2. The van der Waals surface area contributed by atoms with Gasteiger partial charge in [-0.3, -0.25) is 10.2 Å². The van der Waals surface area contributed by atoms with Gasteiger partial charge in [-0.05, 0) is 27.2 Å². The SMILES string of the molecule is CCC(C(=N)C(=O)OC(C)(C)C)C(=O)c1ccccc1. The lowest BCUT2D eigenvalue weighted by Gasteiger charge is -2.22. The number of benzene rings is 1. The summed E-state index contributed by atoms with van der Waals surface area (Å²) in [6, 6.07) is 8.71. The summed E-state index contributed by atoms with van der Waals surface area (Å²) in [7, 11) is 0. The van der Waals surface area contributed by atoms with Crippen LogP contribution in [-0.4, -0.2) is 23.1 Å². The molecule has 1 unspecified atom stereocenters. The molecule has 0 saturated carbocycles. The molecule has 0 fully saturated rings. The van der Waals surface area contributed by atoms with Crippen LogP contribution in [0.1, 0.15) is 44.5 Å². The molecule has 0 heterocycles. The third-order valence-electron chi connectivity index (χ3n) is 2.75. The molecule has 4 heteroatoms. The van der Waals surface area contributed by atoms with Crippen molar-refractivity contribution >= 4 is 17.5 Å². The van der Waals surface area contributed by atoms with E-state index < -0.39 is 17.5 Å². The van der Waals surface area contributed by atoms with Crippen molar-refractivity contribution in [3.8, 4) is 0 Å². The minimum atomic E-state index is -0.757. The Morgan fingerprint density at radius 2 is 1.75 bits per heavy atom. The van der Waals surface area contributed by atoms with Crippen molar-refractivity contribution in [1.29, 1.82) is 5.41 Å². The number of carbonyl (C=O) groups is 2. The van der Waals surface area contributed by atoms with E-state index >= 15 is 0 Å². The zero-order valence-corrected chi connectivity index (χ0v) is 12.4. The van der Waals surface area contributed by atoms with Gasteiger partial charge < -0.3 is 4.74 Å². The Bertz CT molecular complexity index is 500. The predicted molar refractivity (Wildman–Crippen MR) is 78.1 cm³/mol. The van der Waals surface area contributed by atoms with Gasteiger partial charge in [-0.2, -0.15) is 0 Å².